The molecule has 1 unspecified atom stereocenters. The van der Waals surface area contributed by atoms with Crippen molar-refractivity contribution in [3.8, 4) is 0 Å². The Bertz CT molecular complexity index is 407. The van der Waals surface area contributed by atoms with Crippen LogP contribution >= 0.6 is 0 Å². The molecule has 0 radical (unpaired) electrons. The Morgan fingerprint density at radius 1 is 1.31 bits per heavy atom. The molecule has 2 atom stereocenters. The van der Waals surface area contributed by atoms with Gasteiger partial charge in [0.25, 0.3) is 0 Å². The fourth-order valence-electron chi connectivity index (χ4n) is 3.61. The normalized spacial score (nSPS) is 38.2. The molecule has 2 aliphatic carbocycles. The van der Waals surface area contributed by atoms with Crippen LogP contribution in [0.15, 0.2) is 11.1 Å². The van der Waals surface area contributed by atoms with Gasteiger partial charge in [0, 0.05) is 18.4 Å². The number of hydrogen-bond donors (Lipinski definition) is 0. The Balaban J connectivity index is 1.99. The molecule has 3 rings (SSSR count). The van der Waals surface area contributed by atoms with E-state index in [0.29, 0.717) is 31.1 Å². The molecule has 1 heterocycles. The fraction of sp³-hybridized carbons (Fsp3) is 0.692. The molecule has 0 N–H and O–H groups in total. The lowest BCUT2D eigenvalue weighted by atomic mass is 9.59. The number of hydrogen-bond acceptors (Lipinski definition) is 3. The zero-order valence-corrected chi connectivity index (χ0v) is 9.54. The van der Waals surface area contributed by atoms with Crippen molar-refractivity contribution < 1.29 is 14.3 Å². The van der Waals surface area contributed by atoms with E-state index in [2.05, 4.69) is 6.92 Å². The van der Waals surface area contributed by atoms with E-state index < -0.39 is 0 Å². The molecule has 1 aliphatic heterocycles. The summed E-state index contributed by atoms with van der Waals surface area (Å²) in [5, 5.41) is 0. The van der Waals surface area contributed by atoms with Gasteiger partial charge in [-0.25, -0.2) is 4.79 Å². The molecule has 0 aromatic carbocycles. The summed E-state index contributed by atoms with van der Waals surface area (Å²) in [6.07, 6.45) is 4.02. The number of ketones is 1. The summed E-state index contributed by atoms with van der Waals surface area (Å²) >= 11 is 0. The minimum absolute atomic E-state index is 0.0855. The van der Waals surface area contributed by atoms with Crippen molar-refractivity contribution in [1.29, 1.82) is 0 Å². The lowest BCUT2D eigenvalue weighted by Gasteiger charge is -2.44. The van der Waals surface area contributed by atoms with Crippen molar-refractivity contribution in [1.82, 2.24) is 0 Å². The van der Waals surface area contributed by atoms with E-state index in [0.717, 1.165) is 24.8 Å². The molecule has 16 heavy (non-hydrogen) atoms. The van der Waals surface area contributed by atoms with Gasteiger partial charge in [-0.1, -0.05) is 6.92 Å². The van der Waals surface area contributed by atoms with Crippen LogP contribution in [-0.4, -0.2) is 18.4 Å². The van der Waals surface area contributed by atoms with Gasteiger partial charge >= 0.3 is 5.97 Å². The molecule has 0 aromatic heterocycles. The standard InChI is InChI=1S/C13H16O3/c1-13-5-4-9-10(7-16-12(9)15)11(13)3-2-8(14)6-13/h11H,2-7H2,1H3/t11-,13?/m0/s1. The highest BCUT2D eigenvalue weighted by Gasteiger charge is 2.47. The van der Waals surface area contributed by atoms with Crippen molar-refractivity contribution in [2.75, 3.05) is 6.61 Å². The van der Waals surface area contributed by atoms with E-state index in [1.807, 2.05) is 0 Å². The molecule has 1 fully saturated rings. The average molecular weight is 220 g/mol. The van der Waals surface area contributed by atoms with Gasteiger partial charge in [0.2, 0.25) is 0 Å². The summed E-state index contributed by atoms with van der Waals surface area (Å²) < 4.78 is 5.12. The van der Waals surface area contributed by atoms with E-state index in [-0.39, 0.29) is 11.4 Å². The molecule has 0 amide bonds. The number of rotatable bonds is 0. The van der Waals surface area contributed by atoms with E-state index >= 15 is 0 Å². The molecule has 3 aliphatic rings. The SMILES string of the molecule is CC12CCC3=C(COC3=O)[C@@H]1CCC(=O)C2. The Kier molecular flexibility index (Phi) is 2.00. The van der Waals surface area contributed by atoms with Gasteiger partial charge in [0.15, 0.2) is 0 Å². The van der Waals surface area contributed by atoms with Crippen LogP contribution in [0.3, 0.4) is 0 Å². The maximum absolute atomic E-state index is 11.6. The Labute approximate surface area is 94.8 Å². The van der Waals surface area contributed by atoms with Crippen LogP contribution in [0.1, 0.15) is 39.0 Å². The van der Waals surface area contributed by atoms with Gasteiger partial charge in [0.05, 0.1) is 0 Å². The Morgan fingerprint density at radius 2 is 2.12 bits per heavy atom. The summed E-state index contributed by atoms with van der Waals surface area (Å²) in [5.74, 6) is 0.669. The zero-order chi connectivity index (χ0) is 11.3. The van der Waals surface area contributed by atoms with E-state index in [4.69, 9.17) is 4.74 Å². The number of carbonyl (C=O) groups is 2. The van der Waals surface area contributed by atoms with Crippen LogP contribution in [0.4, 0.5) is 0 Å². The lowest BCUT2D eigenvalue weighted by Crippen LogP contribution is -2.39. The summed E-state index contributed by atoms with van der Waals surface area (Å²) in [6.45, 7) is 2.67. The predicted octanol–water partition coefficient (Wildman–Crippen LogP) is 2.01. The van der Waals surface area contributed by atoms with Crippen LogP contribution in [0.25, 0.3) is 0 Å². The Hall–Kier alpha value is -1.12. The monoisotopic (exact) mass is 220 g/mol. The van der Waals surface area contributed by atoms with Crippen LogP contribution in [0.2, 0.25) is 0 Å². The lowest BCUT2D eigenvalue weighted by molar-refractivity contribution is -0.136. The first kappa shape index (κ1) is 10.1. The van der Waals surface area contributed by atoms with E-state index in [1.54, 1.807) is 0 Å². The van der Waals surface area contributed by atoms with Gasteiger partial charge < -0.3 is 4.74 Å². The van der Waals surface area contributed by atoms with Crippen LogP contribution in [0.5, 0.6) is 0 Å². The minimum atomic E-state index is -0.117. The second-order valence-corrected chi connectivity index (χ2v) is 5.54. The van der Waals surface area contributed by atoms with Crippen molar-refractivity contribution in [2.24, 2.45) is 11.3 Å². The maximum atomic E-state index is 11.6. The van der Waals surface area contributed by atoms with Gasteiger partial charge in [-0.05, 0) is 36.2 Å². The quantitative estimate of drug-likeness (QED) is 0.586. The number of carbonyl (C=O) groups excluding carboxylic acids is 2. The van der Waals surface area contributed by atoms with Gasteiger partial charge in [0.1, 0.15) is 12.4 Å². The molecule has 1 saturated carbocycles. The topological polar surface area (TPSA) is 43.4 Å². The second kappa shape index (κ2) is 3.19. The number of esters is 1. The molecule has 0 saturated heterocycles. The first-order valence-electron chi connectivity index (χ1n) is 6.01. The van der Waals surface area contributed by atoms with Crippen molar-refractivity contribution in [3.63, 3.8) is 0 Å². The number of cyclic esters (lactones) is 1. The van der Waals surface area contributed by atoms with E-state index in [9.17, 15) is 9.59 Å². The van der Waals surface area contributed by atoms with Crippen LogP contribution < -0.4 is 0 Å². The highest BCUT2D eigenvalue weighted by molar-refractivity contribution is 5.92. The van der Waals surface area contributed by atoms with Gasteiger partial charge in [-0.3, -0.25) is 4.79 Å². The van der Waals surface area contributed by atoms with Crippen LogP contribution in [0, 0.1) is 11.3 Å². The van der Waals surface area contributed by atoms with Crippen molar-refractivity contribution >= 4 is 11.8 Å². The predicted molar refractivity (Wildman–Crippen MR) is 57.7 cm³/mol. The molecule has 0 bridgehead atoms. The number of ether oxygens (including phenoxy) is 1. The molecule has 0 aromatic rings. The molecular weight excluding hydrogens is 204 g/mol. The van der Waals surface area contributed by atoms with Crippen molar-refractivity contribution in [3.05, 3.63) is 11.1 Å². The fourth-order valence-corrected chi connectivity index (χ4v) is 3.61. The highest BCUT2D eigenvalue weighted by atomic mass is 16.5. The third-order valence-corrected chi connectivity index (χ3v) is 4.51. The third kappa shape index (κ3) is 1.27. The zero-order valence-electron chi connectivity index (χ0n) is 9.54. The third-order valence-electron chi connectivity index (χ3n) is 4.51. The van der Waals surface area contributed by atoms with Crippen LogP contribution in [-0.2, 0) is 14.3 Å². The van der Waals surface area contributed by atoms with Gasteiger partial charge in [-0.15, -0.1) is 0 Å². The molecule has 0 spiro atoms. The summed E-state index contributed by atoms with van der Waals surface area (Å²) in [6, 6.07) is 0. The summed E-state index contributed by atoms with van der Waals surface area (Å²) in [7, 11) is 0. The molecule has 86 valence electrons. The number of Topliss-reactive ketones (excluding diaryl/α,β-unsaturated/α-hetero) is 1. The maximum Gasteiger partial charge on any atom is 0.334 e. The summed E-state index contributed by atoms with van der Waals surface area (Å²) in [5.41, 5.74) is 2.20. The average Bonchev–Trinajstić information content (AvgIpc) is 2.58. The second-order valence-electron chi connectivity index (χ2n) is 5.54. The highest BCUT2D eigenvalue weighted by Crippen LogP contribution is 2.52. The molecule has 3 nitrogen and oxygen atoms in total. The first-order valence-corrected chi connectivity index (χ1v) is 6.01. The first-order chi connectivity index (χ1) is 7.60. The Morgan fingerprint density at radius 3 is 2.94 bits per heavy atom. The van der Waals surface area contributed by atoms with Crippen molar-refractivity contribution in [2.45, 2.75) is 39.0 Å². The largest absolute Gasteiger partial charge is 0.458 e. The number of fused-ring (bicyclic) bond motifs is 2. The molecular formula is C13H16O3. The molecule has 3 heteroatoms. The summed E-state index contributed by atoms with van der Waals surface area (Å²) in [4.78, 5) is 23.1. The minimum Gasteiger partial charge on any atom is -0.458 e. The smallest absolute Gasteiger partial charge is 0.334 e. The van der Waals surface area contributed by atoms with E-state index in [1.165, 1.54) is 5.57 Å². The van der Waals surface area contributed by atoms with Gasteiger partial charge in [-0.2, -0.15) is 0 Å².